The summed E-state index contributed by atoms with van der Waals surface area (Å²) in [5.74, 6) is -0.761. The molecule has 1 atom stereocenters. The summed E-state index contributed by atoms with van der Waals surface area (Å²) in [6, 6.07) is 14.2. The van der Waals surface area contributed by atoms with E-state index in [4.69, 9.17) is 5.11 Å². The minimum absolute atomic E-state index is 0.0812. The van der Waals surface area contributed by atoms with Crippen molar-refractivity contribution in [1.29, 1.82) is 0 Å². The van der Waals surface area contributed by atoms with Crippen LogP contribution in [0, 0.1) is 0 Å². The van der Waals surface area contributed by atoms with Gasteiger partial charge in [0.15, 0.2) is 0 Å². The number of rotatable bonds is 5. The van der Waals surface area contributed by atoms with Crippen molar-refractivity contribution in [2.24, 2.45) is 0 Å². The van der Waals surface area contributed by atoms with Crippen LogP contribution in [0.4, 0.5) is 0 Å². The Morgan fingerprint density at radius 2 is 1.89 bits per heavy atom. The number of hydrogen-bond acceptors (Lipinski definition) is 2. The average Bonchev–Trinajstić information content (AvgIpc) is 2.36. The molecule has 3 nitrogen and oxygen atoms in total. The van der Waals surface area contributed by atoms with Crippen LogP contribution in [0.15, 0.2) is 42.5 Å². The van der Waals surface area contributed by atoms with Crippen LogP contribution >= 0.6 is 20.1 Å². The third-order valence-electron chi connectivity index (χ3n) is 2.90. The van der Waals surface area contributed by atoms with Crippen LogP contribution in [0.3, 0.4) is 0 Å². The topological polar surface area (TPSA) is 49.3 Å². The fraction of sp³-hybridized carbons (Fsp3) is 0.267. The molecule has 2 rings (SSSR count). The van der Waals surface area contributed by atoms with Gasteiger partial charge in [0, 0.05) is 0 Å². The van der Waals surface area contributed by atoms with Crippen LogP contribution in [0.2, 0.25) is 0 Å². The van der Waals surface area contributed by atoms with Crippen molar-refractivity contribution < 1.29 is 9.90 Å². The van der Waals surface area contributed by atoms with Crippen molar-refractivity contribution in [2.75, 3.05) is 9.86 Å². The van der Waals surface area contributed by atoms with E-state index in [0.717, 1.165) is 10.9 Å². The molecule has 2 aromatic rings. The molecule has 0 radical (unpaired) electrons. The number of fused-ring (bicyclic) bond motifs is 1. The summed E-state index contributed by atoms with van der Waals surface area (Å²) < 4.78 is 3.47. The van der Waals surface area contributed by atoms with Crippen molar-refractivity contribution in [3.8, 4) is 0 Å². The van der Waals surface area contributed by atoms with Gasteiger partial charge in [0.25, 0.3) is 0 Å². The Morgan fingerprint density at radius 1 is 1.21 bits per heavy atom. The van der Waals surface area contributed by atoms with E-state index in [0.29, 0.717) is 0 Å². The van der Waals surface area contributed by atoms with Crippen molar-refractivity contribution in [2.45, 2.75) is 12.5 Å². The Kier molecular flexibility index (Phi) is 4.76. The molecule has 19 heavy (non-hydrogen) atoms. The monoisotopic (exact) mass is 371 g/mol. The van der Waals surface area contributed by atoms with Gasteiger partial charge in [0.1, 0.15) is 0 Å². The molecule has 0 bridgehead atoms. The van der Waals surface area contributed by atoms with E-state index in [9.17, 15) is 4.79 Å². The molecule has 0 aliphatic rings. The van der Waals surface area contributed by atoms with E-state index >= 15 is 0 Å². The van der Waals surface area contributed by atoms with Crippen molar-refractivity contribution >= 4 is 36.8 Å². The molecular formula is C15H18INO2. The Balaban J connectivity index is 2.34. The van der Waals surface area contributed by atoms with E-state index in [1.165, 1.54) is 5.39 Å². The molecule has 0 fully saturated rings. The van der Waals surface area contributed by atoms with Gasteiger partial charge in [-0.1, -0.05) is 0 Å². The minimum atomic E-state index is -1.20. The van der Waals surface area contributed by atoms with Crippen molar-refractivity contribution in [3.05, 3.63) is 48.0 Å². The van der Waals surface area contributed by atoms with Gasteiger partial charge in [-0.2, -0.15) is 0 Å². The van der Waals surface area contributed by atoms with Gasteiger partial charge in [0.2, 0.25) is 0 Å². The van der Waals surface area contributed by atoms with Crippen LogP contribution in [0.5, 0.6) is 0 Å². The van der Waals surface area contributed by atoms with Crippen LogP contribution in [-0.4, -0.2) is 20.9 Å². The third-order valence-corrected chi connectivity index (χ3v) is 4.90. The number of carbonyl (C=O) groups is 1. The summed E-state index contributed by atoms with van der Waals surface area (Å²) in [6.07, 6.45) is 0.133. The molecule has 0 saturated carbocycles. The SMILES string of the molecule is CI(C)NC(CC(=O)O)c1ccc2ccccc2c1. The zero-order chi connectivity index (χ0) is 13.8. The standard InChI is InChI=1S/C15H18INO2/c1-16(2)17-14(10-15(18)19)13-8-7-11-5-3-4-6-12(11)9-13/h3-9,14,17H,10H2,1-2H3,(H,18,19). The fourth-order valence-corrected chi connectivity index (χ4v) is 4.17. The molecule has 102 valence electrons. The number of aliphatic carboxylic acids is 1. The predicted octanol–water partition coefficient (Wildman–Crippen LogP) is 3.63. The Bertz CT molecular complexity index is 583. The third kappa shape index (κ3) is 3.91. The molecular weight excluding hydrogens is 353 g/mol. The summed E-state index contributed by atoms with van der Waals surface area (Å²) in [5, 5.41) is 11.4. The summed E-state index contributed by atoms with van der Waals surface area (Å²) in [6.45, 7) is 0. The molecule has 2 N–H and O–H groups in total. The Morgan fingerprint density at radius 3 is 2.53 bits per heavy atom. The summed E-state index contributed by atoms with van der Waals surface area (Å²) in [7, 11) is 0. The summed E-state index contributed by atoms with van der Waals surface area (Å²) >= 11 is -1.20. The molecule has 0 heterocycles. The zero-order valence-electron chi connectivity index (χ0n) is 11.1. The fourth-order valence-electron chi connectivity index (χ4n) is 2.08. The second-order valence-corrected chi connectivity index (χ2v) is 9.56. The van der Waals surface area contributed by atoms with E-state index in [-0.39, 0.29) is 12.5 Å². The van der Waals surface area contributed by atoms with Gasteiger partial charge in [0.05, 0.1) is 0 Å². The number of benzene rings is 2. The number of nitrogens with one attached hydrogen (secondary N) is 1. The van der Waals surface area contributed by atoms with Crippen molar-refractivity contribution in [1.82, 2.24) is 3.53 Å². The maximum absolute atomic E-state index is 11.0. The first-order valence-corrected chi connectivity index (χ1v) is 11.4. The first-order valence-electron chi connectivity index (χ1n) is 6.03. The molecule has 0 aromatic heterocycles. The molecule has 0 aliphatic carbocycles. The number of carboxylic acids is 1. The van der Waals surface area contributed by atoms with Gasteiger partial charge >= 0.3 is 121 Å². The Hall–Kier alpha value is -1.14. The van der Waals surface area contributed by atoms with Crippen LogP contribution in [0.25, 0.3) is 10.8 Å². The number of alkyl halides is 2. The number of hydrogen-bond donors (Lipinski definition) is 2. The van der Waals surface area contributed by atoms with Crippen molar-refractivity contribution in [3.63, 3.8) is 0 Å². The van der Waals surface area contributed by atoms with Crippen LogP contribution < -0.4 is 3.53 Å². The first kappa shape index (κ1) is 14.3. The summed E-state index contributed by atoms with van der Waals surface area (Å²) in [4.78, 5) is 15.4. The van der Waals surface area contributed by atoms with Gasteiger partial charge in [-0.05, 0) is 0 Å². The normalized spacial score (nSPS) is 13.3. The van der Waals surface area contributed by atoms with E-state index in [1.54, 1.807) is 0 Å². The maximum atomic E-state index is 11.0. The number of carboxylic acid groups (broad SMARTS) is 1. The molecule has 4 heteroatoms. The van der Waals surface area contributed by atoms with E-state index in [1.807, 2.05) is 18.2 Å². The first-order chi connectivity index (χ1) is 9.06. The number of halogens is 1. The molecule has 0 aliphatic heterocycles. The van der Waals surface area contributed by atoms with Gasteiger partial charge in [-0.25, -0.2) is 0 Å². The molecule has 0 spiro atoms. The average molecular weight is 371 g/mol. The van der Waals surface area contributed by atoms with Gasteiger partial charge in [-0.15, -0.1) is 0 Å². The van der Waals surface area contributed by atoms with Crippen LogP contribution in [-0.2, 0) is 4.79 Å². The molecule has 1 unspecified atom stereocenters. The zero-order valence-corrected chi connectivity index (χ0v) is 13.2. The quantitative estimate of drug-likeness (QED) is 0.480. The van der Waals surface area contributed by atoms with Crippen LogP contribution in [0.1, 0.15) is 18.0 Å². The summed E-state index contributed by atoms with van der Waals surface area (Å²) in [5.41, 5.74) is 1.06. The second kappa shape index (κ2) is 6.34. The molecule has 0 saturated heterocycles. The molecule has 0 amide bonds. The molecule has 2 aromatic carbocycles. The van der Waals surface area contributed by atoms with Gasteiger partial charge in [-0.3, -0.25) is 0 Å². The predicted molar refractivity (Wildman–Crippen MR) is 87.9 cm³/mol. The second-order valence-electron chi connectivity index (χ2n) is 4.62. The Labute approximate surface area is 120 Å². The van der Waals surface area contributed by atoms with E-state index < -0.39 is 26.1 Å². The van der Waals surface area contributed by atoms with Gasteiger partial charge < -0.3 is 0 Å². The van der Waals surface area contributed by atoms with E-state index in [2.05, 4.69) is 37.7 Å².